The number of hydrogen-bond acceptors (Lipinski definition) is 7. The zero-order valence-corrected chi connectivity index (χ0v) is 21.1. The van der Waals surface area contributed by atoms with Crippen LogP contribution in [0.15, 0.2) is 47.7 Å². The summed E-state index contributed by atoms with van der Waals surface area (Å²) in [5, 5.41) is 8.87. The van der Waals surface area contributed by atoms with Crippen LogP contribution in [0.4, 0.5) is 5.95 Å². The molecule has 0 bridgehead atoms. The van der Waals surface area contributed by atoms with E-state index in [9.17, 15) is 4.79 Å². The molecule has 0 spiro atoms. The Balaban J connectivity index is 1.67. The lowest BCUT2D eigenvalue weighted by Crippen LogP contribution is -2.36. The number of anilines is 1. The Kier molecular flexibility index (Phi) is 5.71. The molecule has 2 heterocycles. The molecule has 9 heteroatoms. The zero-order chi connectivity index (χ0) is 24.9. The van der Waals surface area contributed by atoms with Crippen molar-refractivity contribution < 1.29 is 19.0 Å². The summed E-state index contributed by atoms with van der Waals surface area (Å²) >= 11 is 6.16. The van der Waals surface area contributed by atoms with Gasteiger partial charge in [0.15, 0.2) is 23.1 Å². The lowest BCUT2D eigenvalue weighted by Gasteiger charge is -2.38. The topological polar surface area (TPSA) is 87.5 Å². The second kappa shape index (κ2) is 8.61. The average Bonchev–Trinajstić information content (AvgIpc) is 3.25. The van der Waals surface area contributed by atoms with Gasteiger partial charge in [-0.2, -0.15) is 4.98 Å². The van der Waals surface area contributed by atoms with E-state index in [1.54, 1.807) is 26.0 Å². The van der Waals surface area contributed by atoms with Crippen LogP contribution in [0.3, 0.4) is 0 Å². The van der Waals surface area contributed by atoms with Gasteiger partial charge in [-0.1, -0.05) is 37.6 Å². The quantitative estimate of drug-likeness (QED) is 0.516. The maximum absolute atomic E-state index is 13.4. The van der Waals surface area contributed by atoms with Crippen LogP contribution in [0.25, 0.3) is 11.4 Å². The van der Waals surface area contributed by atoms with Gasteiger partial charge in [-0.3, -0.25) is 4.79 Å². The fourth-order valence-electron chi connectivity index (χ4n) is 4.89. The van der Waals surface area contributed by atoms with Crippen LogP contribution in [0, 0.1) is 5.41 Å². The number of halogens is 1. The number of methoxy groups -OCH3 is 3. The number of aromatic nitrogens is 3. The van der Waals surface area contributed by atoms with Crippen molar-refractivity contribution in [3.63, 3.8) is 0 Å². The van der Waals surface area contributed by atoms with Gasteiger partial charge in [0, 0.05) is 28.3 Å². The summed E-state index contributed by atoms with van der Waals surface area (Å²) in [7, 11) is 4.69. The van der Waals surface area contributed by atoms with E-state index in [2.05, 4.69) is 19.2 Å². The van der Waals surface area contributed by atoms with Crippen LogP contribution in [-0.4, -0.2) is 41.9 Å². The van der Waals surface area contributed by atoms with E-state index in [0.717, 1.165) is 23.3 Å². The first-order valence-corrected chi connectivity index (χ1v) is 11.7. The van der Waals surface area contributed by atoms with Crippen molar-refractivity contribution in [2.75, 3.05) is 26.6 Å². The second-order valence-corrected chi connectivity index (χ2v) is 9.97. The van der Waals surface area contributed by atoms with E-state index >= 15 is 0 Å². The Labute approximate surface area is 208 Å². The van der Waals surface area contributed by atoms with Gasteiger partial charge >= 0.3 is 0 Å². The molecule has 1 atom stereocenters. The molecule has 1 aliphatic heterocycles. The number of carbonyl (C=O) groups excluding carboxylic acids is 1. The monoisotopic (exact) mass is 494 g/mol. The number of benzene rings is 2. The maximum atomic E-state index is 13.4. The molecule has 0 amide bonds. The van der Waals surface area contributed by atoms with Gasteiger partial charge in [0.2, 0.25) is 11.7 Å². The Hall–Kier alpha value is -3.52. The molecule has 8 nitrogen and oxygen atoms in total. The molecule has 0 fully saturated rings. The van der Waals surface area contributed by atoms with Crippen LogP contribution in [0.5, 0.6) is 17.2 Å². The van der Waals surface area contributed by atoms with Crippen molar-refractivity contribution in [3.05, 3.63) is 58.3 Å². The third-order valence-electron chi connectivity index (χ3n) is 6.44. The van der Waals surface area contributed by atoms with Crippen LogP contribution in [-0.2, 0) is 4.79 Å². The van der Waals surface area contributed by atoms with Gasteiger partial charge in [-0.05, 0) is 41.7 Å². The molecule has 0 saturated carbocycles. The fraction of sp³-hybridized carbons (Fsp3) is 0.346. The number of rotatable bonds is 5. The summed E-state index contributed by atoms with van der Waals surface area (Å²) in [6.45, 7) is 4.21. The highest BCUT2D eigenvalue weighted by Gasteiger charge is 2.42. The standard InChI is InChI=1S/C26H27ClN4O4/c1-26(2)12-17-21(18(32)13-26)22(14-6-8-16(27)9-7-14)31-25(28-17)29-24(30-31)15-10-19(33-3)23(35-5)20(11-15)34-4/h6-11,22H,12-13H2,1-5H3,(H,28,29,30)/t22-/m1/s1. The first-order valence-electron chi connectivity index (χ1n) is 11.3. The third-order valence-corrected chi connectivity index (χ3v) is 6.69. The molecule has 35 heavy (non-hydrogen) atoms. The molecule has 0 saturated heterocycles. The number of Topliss-reactive ketones (excluding diaryl/α,β-unsaturated/α-hetero) is 1. The normalized spacial score (nSPS) is 18.5. The minimum Gasteiger partial charge on any atom is -0.493 e. The minimum absolute atomic E-state index is 0.110. The van der Waals surface area contributed by atoms with Gasteiger partial charge < -0.3 is 19.5 Å². The molecule has 3 aromatic rings. The summed E-state index contributed by atoms with van der Waals surface area (Å²) in [5.41, 5.74) is 3.08. The maximum Gasteiger partial charge on any atom is 0.226 e. The summed E-state index contributed by atoms with van der Waals surface area (Å²) in [5.74, 6) is 2.65. The average molecular weight is 495 g/mol. The van der Waals surface area contributed by atoms with Crippen LogP contribution in [0.2, 0.25) is 5.02 Å². The molecule has 1 aliphatic carbocycles. The molecule has 2 aromatic carbocycles. The van der Waals surface area contributed by atoms with E-state index in [0.29, 0.717) is 46.0 Å². The molecule has 5 rings (SSSR count). The first kappa shape index (κ1) is 23.2. The summed E-state index contributed by atoms with van der Waals surface area (Å²) in [4.78, 5) is 18.2. The smallest absolute Gasteiger partial charge is 0.226 e. The van der Waals surface area contributed by atoms with E-state index in [-0.39, 0.29) is 11.2 Å². The third kappa shape index (κ3) is 4.01. The second-order valence-electron chi connectivity index (χ2n) is 9.53. The van der Waals surface area contributed by atoms with Gasteiger partial charge in [0.1, 0.15) is 6.04 Å². The predicted molar refractivity (Wildman–Crippen MR) is 133 cm³/mol. The highest BCUT2D eigenvalue weighted by Crippen LogP contribution is 2.46. The molecule has 2 aliphatic rings. The summed E-state index contributed by atoms with van der Waals surface area (Å²) < 4.78 is 18.2. The minimum atomic E-state index is -0.412. The number of allylic oxidation sites excluding steroid dienone is 2. The van der Waals surface area contributed by atoms with E-state index in [1.807, 2.05) is 36.4 Å². The van der Waals surface area contributed by atoms with E-state index in [1.165, 1.54) is 0 Å². The Morgan fingerprint density at radius 1 is 1.03 bits per heavy atom. The molecule has 0 unspecified atom stereocenters. The Morgan fingerprint density at radius 2 is 1.69 bits per heavy atom. The molecular formula is C26H27ClN4O4. The Morgan fingerprint density at radius 3 is 2.29 bits per heavy atom. The summed E-state index contributed by atoms with van der Waals surface area (Å²) in [6.07, 6.45) is 1.21. The molecule has 1 aromatic heterocycles. The molecular weight excluding hydrogens is 468 g/mol. The number of nitrogens with zero attached hydrogens (tertiary/aromatic N) is 3. The van der Waals surface area contributed by atoms with Crippen molar-refractivity contribution >= 4 is 23.3 Å². The van der Waals surface area contributed by atoms with Gasteiger partial charge in [0.25, 0.3) is 0 Å². The molecule has 182 valence electrons. The van der Waals surface area contributed by atoms with Crippen LogP contribution < -0.4 is 19.5 Å². The highest BCUT2D eigenvalue weighted by molar-refractivity contribution is 6.30. The highest BCUT2D eigenvalue weighted by atomic mass is 35.5. The number of hydrogen-bond donors (Lipinski definition) is 1. The number of nitrogens with one attached hydrogen (secondary N) is 1. The lowest BCUT2D eigenvalue weighted by molar-refractivity contribution is -0.118. The van der Waals surface area contributed by atoms with E-state index in [4.69, 9.17) is 35.9 Å². The number of ketones is 1. The zero-order valence-electron chi connectivity index (χ0n) is 20.3. The van der Waals surface area contributed by atoms with E-state index < -0.39 is 6.04 Å². The van der Waals surface area contributed by atoms with Crippen molar-refractivity contribution in [1.29, 1.82) is 0 Å². The number of carbonyl (C=O) groups is 1. The number of fused-ring (bicyclic) bond motifs is 1. The van der Waals surface area contributed by atoms with Gasteiger partial charge in [0.05, 0.1) is 21.3 Å². The Bertz CT molecular complexity index is 1320. The molecule has 1 N–H and O–H groups in total. The largest absolute Gasteiger partial charge is 0.493 e. The van der Waals surface area contributed by atoms with Gasteiger partial charge in [-0.15, -0.1) is 5.10 Å². The predicted octanol–water partition coefficient (Wildman–Crippen LogP) is 5.28. The molecule has 0 radical (unpaired) electrons. The lowest BCUT2D eigenvalue weighted by atomic mass is 9.73. The van der Waals surface area contributed by atoms with Crippen molar-refractivity contribution in [3.8, 4) is 28.6 Å². The first-order chi connectivity index (χ1) is 16.7. The summed E-state index contributed by atoms with van der Waals surface area (Å²) in [6, 6.07) is 10.7. The van der Waals surface area contributed by atoms with Crippen molar-refractivity contribution in [1.82, 2.24) is 14.8 Å². The fourth-order valence-corrected chi connectivity index (χ4v) is 5.02. The van der Waals surface area contributed by atoms with Gasteiger partial charge in [-0.25, -0.2) is 4.68 Å². The van der Waals surface area contributed by atoms with Crippen LogP contribution in [0.1, 0.15) is 38.3 Å². The van der Waals surface area contributed by atoms with Crippen LogP contribution >= 0.6 is 11.6 Å². The van der Waals surface area contributed by atoms with Crippen molar-refractivity contribution in [2.24, 2.45) is 5.41 Å². The van der Waals surface area contributed by atoms with Crippen molar-refractivity contribution in [2.45, 2.75) is 32.7 Å². The SMILES string of the molecule is COc1cc(-c2nc3n(n2)[C@H](c2ccc(Cl)cc2)C2=C(CC(C)(C)CC2=O)N3)cc(OC)c1OC. The number of ether oxygens (including phenoxy) is 3.